The minimum Gasteiger partial charge on any atom is -0.324 e. The molecule has 25 heavy (non-hydrogen) atoms. The van der Waals surface area contributed by atoms with Crippen LogP contribution in [0, 0.1) is 0 Å². The van der Waals surface area contributed by atoms with Crippen LogP contribution in [0.4, 0.5) is 0 Å². The van der Waals surface area contributed by atoms with Crippen molar-refractivity contribution >= 4 is 111 Å². The number of hydrogen-bond donors (Lipinski definition) is 8. The molecule has 2 unspecified atom stereocenters. The van der Waals surface area contributed by atoms with Gasteiger partial charge in [0, 0.05) is 0 Å². The Morgan fingerprint density at radius 1 is 0.400 bits per heavy atom. The summed E-state index contributed by atoms with van der Waals surface area (Å²) in [7, 11) is 0. The summed E-state index contributed by atoms with van der Waals surface area (Å²) in [6.45, 7) is -28.3. The second-order valence-corrected chi connectivity index (χ2v) is 20.6. The topological polar surface area (TPSA) is 208 Å². The Morgan fingerprint density at radius 2 is 0.640 bits per heavy atom. The first-order valence-corrected chi connectivity index (χ1v) is 20.1. The van der Waals surface area contributed by atoms with Crippen molar-refractivity contribution < 1.29 is 60.7 Å². The molecule has 13 nitrogen and oxygen atoms in total. The van der Waals surface area contributed by atoms with Crippen LogP contribution < -0.4 is 0 Å². The summed E-state index contributed by atoms with van der Waals surface area (Å²) in [6, 6.07) is 0. The Hall–Kier alpha value is 3.38. The van der Waals surface area contributed by atoms with Gasteiger partial charge in [-0.15, -0.1) is 0 Å². The van der Waals surface area contributed by atoms with Crippen molar-refractivity contribution in [3.63, 3.8) is 0 Å². The fourth-order valence-corrected chi connectivity index (χ4v) is 17.9. The van der Waals surface area contributed by atoms with Gasteiger partial charge in [-0.3, -0.25) is 0 Å². The molecule has 0 aromatic carbocycles. The van der Waals surface area contributed by atoms with E-state index in [2.05, 4.69) is 92.4 Å². The quantitative estimate of drug-likeness (QED) is 0.161. The largest absolute Gasteiger partial charge is 0.349 e. The smallest absolute Gasteiger partial charge is 0.324 e. The van der Waals surface area contributed by atoms with E-state index < -0.39 is 40.3 Å². The van der Waals surface area contributed by atoms with Crippen LogP contribution in [0.2, 0.25) is 0 Å². The van der Waals surface area contributed by atoms with E-state index in [9.17, 15) is 9.79 Å². The maximum absolute atomic E-state index is 9.69. The Balaban J connectivity index is 5.76. The molecule has 0 spiro atoms. The van der Waals surface area contributed by atoms with E-state index in [-0.39, 0.29) is 0 Å². The molecule has 0 saturated heterocycles. The van der Waals surface area contributed by atoms with Crippen molar-refractivity contribution in [3.8, 4) is 0 Å². The average molecular weight is 594 g/mol. The van der Waals surface area contributed by atoms with Gasteiger partial charge < -0.3 is 39.1 Å². The second kappa shape index (κ2) is 9.67. The van der Waals surface area contributed by atoms with Crippen LogP contribution >= 0.6 is 40.3 Å². The normalized spacial score (nSPS) is 21.1. The maximum Gasteiger partial charge on any atom is 0.349 e. The highest BCUT2D eigenvalue weighted by molar-refractivity contribution is 8.22. The third-order valence-electron chi connectivity index (χ3n) is 1.03. The van der Waals surface area contributed by atoms with Crippen molar-refractivity contribution in [1.82, 2.24) is 0 Å². The summed E-state index contributed by atoms with van der Waals surface area (Å²) in [5.74, 6) is 0. The Labute approximate surface area is 171 Å². The monoisotopic (exact) mass is 594 g/mol. The zero-order chi connectivity index (χ0) is 20.5. The zero-order valence-corrected chi connectivity index (χ0v) is 21.0. The van der Waals surface area contributed by atoms with Crippen molar-refractivity contribution in [2.45, 2.75) is 0 Å². The highest BCUT2D eigenvalue weighted by Crippen LogP contribution is 2.78. The predicted octanol–water partition coefficient (Wildman–Crippen LogP) is 0.355. The van der Waals surface area contributed by atoms with Crippen LogP contribution in [0.5, 0.6) is 0 Å². The van der Waals surface area contributed by atoms with Crippen molar-refractivity contribution in [2.24, 2.45) is 0 Å². The van der Waals surface area contributed by atoms with Gasteiger partial charge >= 0.3 is 40.3 Å². The van der Waals surface area contributed by atoms with Gasteiger partial charge in [0.2, 0.25) is 0 Å². The summed E-state index contributed by atoms with van der Waals surface area (Å²) >= 11 is 25.5. The molecule has 0 aliphatic carbocycles. The van der Waals surface area contributed by atoms with Gasteiger partial charge in [-0.2, -0.15) is 0 Å². The lowest BCUT2D eigenvalue weighted by atomic mass is 15.7. The van der Waals surface area contributed by atoms with Crippen LogP contribution in [0.3, 0.4) is 0 Å². The lowest BCUT2D eigenvalue weighted by Crippen LogP contribution is -2.00. The SMILES string of the molecule is OP(O)(=S)OP(O)(=S)OP(=S)(OP(O)(O)=S)OP(O)(=S)OP(O)(O)=S. The Morgan fingerprint density at radius 3 is 0.840 bits per heavy atom. The van der Waals surface area contributed by atoms with Gasteiger partial charge in [0.05, 0.1) is 0 Å². The first kappa shape index (κ1) is 28.4. The first-order chi connectivity index (χ1) is 10.5. The minimum atomic E-state index is -4.84. The molecular formula is H8O13P6S6. The van der Waals surface area contributed by atoms with E-state index in [0.717, 1.165) is 0 Å². The molecule has 0 aromatic heterocycles. The van der Waals surface area contributed by atoms with Crippen molar-refractivity contribution in [3.05, 3.63) is 0 Å². The molecule has 8 N–H and O–H groups in total. The van der Waals surface area contributed by atoms with E-state index in [4.69, 9.17) is 29.4 Å². The van der Waals surface area contributed by atoms with Gasteiger partial charge in [0.1, 0.15) is 0 Å². The van der Waals surface area contributed by atoms with Crippen LogP contribution in [0.1, 0.15) is 0 Å². The van der Waals surface area contributed by atoms with Crippen molar-refractivity contribution in [1.29, 1.82) is 0 Å². The molecule has 0 rings (SSSR count). The molecule has 0 saturated carbocycles. The van der Waals surface area contributed by atoms with Crippen molar-refractivity contribution in [2.75, 3.05) is 0 Å². The highest BCUT2D eigenvalue weighted by atomic mass is 32.5. The molecule has 2 atom stereocenters. The standard InChI is InChI=1S/H8O13P6S6/c1-14(2,20)9-17(7,23)12-19(25,11-16(5,6)22)13-18(8,24)10-15(3,4)21/h(H,7,23)(H,8,24)(H2,1,2,20)(H2,3,4,21)(H2,5,6,22). The molecule has 0 amide bonds. The van der Waals surface area contributed by atoms with Gasteiger partial charge in [0.15, 0.2) is 0 Å². The summed E-state index contributed by atoms with van der Waals surface area (Å²) in [4.78, 5) is 73.6. The third-order valence-corrected chi connectivity index (χ3v) is 15.3. The lowest BCUT2D eigenvalue weighted by Gasteiger charge is -2.29. The molecule has 0 aliphatic heterocycles. The summed E-state index contributed by atoms with van der Waals surface area (Å²) < 4.78 is 21.5. The van der Waals surface area contributed by atoms with E-state index >= 15 is 0 Å². The molecule has 0 aromatic rings. The summed E-state index contributed by atoms with van der Waals surface area (Å²) in [6.07, 6.45) is 0. The molecule has 0 heterocycles. The lowest BCUT2D eigenvalue weighted by molar-refractivity contribution is 0.276. The molecular weight excluding hydrogens is 586 g/mol. The van der Waals surface area contributed by atoms with E-state index in [1.165, 1.54) is 0 Å². The summed E-state index contributed by atoms with van der Waals surface area (Å²) in [5.41, 5.74) is 0. The van der Waals surface area contributed by atoms with E-state index in [0.29, 0.717) is 0 Å². The molecule has 25 heteroatoms. The van der Waals surface area contributed by atoms with Crippen LogP contribution in [0.15, 0.2) is 0 Å². The molecule has 0 aliphatic rings. The van der Waals surface area contributed by atoms with E-state index in [1.54, 1.807) is 0 Å². The summed E-state index contributed by atoms with van der Waals surface area (Å²) in [5, 5.41) is 0. The highest BCUT2D eigenvalue weighted by Gasteiger charge is 2.42. The molecule has 0 bridgehead atoms. The van der Waals surface area contributed by atoms with Gasteiger partial charge in [-0.25, -0.2) is 21.6 Å². The fraction of sp³-hybridized carbons (Fsp3) is 0. The third kappa shape index (κ3) is 15.8. The van der Waals surface area contributed by atoms with Gasteiger partial charge in [-0.1, -0.05) is 0 Å². The van der Waals surface area contributed by atoms with Crippen LogP contribution in [-0.2, 0) is 92.4 Å². The van der Waals surface area contributed by atoms with Crippen LogP contribution in [0.25, 0.3) is 0 Å². The number of hydrogen-bond acceptors (Lipinski definition) is 11. The van der Waals surface area contributed by atoms with E-state index in [1.807, 2.05) is 0 Å². The average Bonchev–Trinajstić information content (AvgIpc) is 1.97. The van der Waals surface area contributed by atoms with Gasteiger partial charge in [0.25, 0.3) is 0 Å². The Bertz CT molecular complexity index is 716. The molecule has 152 valence electrons. The molecule has 0 radical (unpaired) electrons. The number of rotatable bonds is 10. The fourth-order valence-electron chi connectivity index (χ4n) is 0.726. The van der Waals surface area contributed by atoms with Crippen LogP contribution in [-0.4, -0.2) is 39.1 Å². The Kier molecular flexibility index (Phi) is 11.0. The van der Waals surface area contributed by atoms with Gasteiger partial charge in [-0.05, 0) is 70.8 Å². The zero-order valence-electron chi connectivity index (χ0n) is 10.8. The minimum absolute atomic E-state index is 4.06. The maximum atomic E-state index is 9.69. The second-order valence-electron chi connectivity index (χ2n) is 3.26. The first-order valence-electron chi connectivity index (χ1n) is 4.52. The predicted molar refractivity (Wildman–Crippen MR) is 109 cm³/mol. The molecule has 0 fully saturated rings.